The van der Waals surface area contributed by atoms with Crippen LogP contribution in [0.25, 0.3) is 21.3 Å². The van der Waals surface area contributed by atoms with Crippen LogP contribution in [0.4, 0.5) is 5.69 Å². The summed E-state index contributed by atoms with van der Waals surface area (Å²) in [7, 11) is -1.97. The number of aryl methyl sites for hydroxylation is 1. The van der Waals surface area contributed by atoms with Crippen molar-refractivity contribution in [2.24, 2.45) is 7.05 Å². The highest BCUT2D eigenvalue weighted by Gasteiger charge is 2.36. The van der Waals surface area contributed by atoms with E-state index in [9.17, 15) is 13.2 Å². The molecule has 0 spiro atoms. The molecule has 0 fully saturated rings. The highest BCUT2D eigenvalue weighted by atomic mass is 32.2. The van der Waals surface area contributed by atoms with Gasteiger partial charge in [0.15, 0.2) is 0 Å². The largest absolute Gasteiger partial charge is 0.458 e. The van der Waals surface area contributed by atoms with Crippen LogP contribution in [0.15, 0.2) is 59.1 Å². The van der Waals surface area contributed by atoms with Crippen molar-refractivity contribution in [3.63, 3.8) is 0 Å². The van der Waals surface area contributed by atoms with E-state index in [1.165, 1.54) is 11.3 Å². The average molecular weight is 441 g/mol. The minimum Gasteiger partial charge on any atom is -0.458 e. The molecule has 3 heterocycles. The number of carbonyl (C=O) groups excluding carboxylic acids is 1. The molecule has 2 aromatic heterocycles. The number of carbonyl (C=O) groups is 1. The van der Waals surface area contributed by atoms with Crippen molar-refractivity contribution in [1.29, 1.82) is 0 Å². The Morgan fingerprint density at radius 3 is 2.77 bits per heavy atom. The number of thiazole rings is 1. The van der Waals surface area contributed by atoms with E-state index >= 15 is 0 Å². The molecule has 8 nitrogen and oxygen atoms in total. The minimum absolute atomic E-state index is 0.0272. The van der Waals surface area contributed by atoms with Crippen LogP contribution >= 0.6 is 11.3 Å². The molecule has 5 rings (SSSR count). The molecule has 0 N–H and O–H groups in total. The van der Waals surface area contributed by atoms with Gasteiger partial charge in [0.25, 0.3) is 10.0 Å². The monoisotopic (exact) mass is 440 g/mol. The first kappa shape index (κ1) is 18.8. The standard InChI is InChI=1S/C20H16N4O4S2/c1-23-9-14(8-21-23)20-22-15(12-29-20)11-28-18(25)10-24-16-6-2-4-13-5-3-7-17(19(13)16)30(24,26)27/h2-9,12H,10-11H2,1H3. The van der Waals surface area contributed by atoms with Gasteiger partial charge in [0.05, 0.1) is 22.5 Å². The van der Waals surface area contributed by atoms with E-state index in [-0.39, 0.29) is 11.5 Å². The van der Waals surface area contributed by atoms with Crippen LogP contribution in [-0.2, 0) is 33.2 Å². The number of benzene rings is 2. The summed E-state index contributed by atoms with van der Waals surface area (Å²) in [5.74, 6) is -0.640. The zero-order valence-corrected chi connectivity index (χ0v) is 17.5. The lowest BCUT2D eigenvalue weighted by molar-refractivity contribution is -0.143. The summed E-state index contributed by atoms with van der Waals surface area (Å²) < 4.78 is 34.0. The highest BCUT2D eigenvalue weighted by Crippen LogP contribution is 2.41. The summed E-state index contributed by atoms with van der Waals surface area (Å²) in [4.78, 5) is 17.1. The number of aromatic nitrogens is 3. The van der Waals surface area contributed by atoms with Gasteiger partial charge in [-0.2, -0.15) is 5.10 Å². The maximum Gasteiger partial charge on any atom is 0.327 e. The number of hydrogen-bond donors (Lipinski definition) is 0. The van der Waals surface area contributed by atoms with E-state index in [1.54, 1.807) is 40.5 Å². The van der Waals surface area contributed by atoms with E-state index in [1.807, 2.05) is 25.4 Å². The summed E-state index contributed by atoms with van der Waals surface area (Å²) in [6, 6.07) is 10.4. The number of sulfonamides is 1. The first-order valence-electron chi connectivity index (χ1n) is 9.07. The Hall–Kier alpha value is -3.24. The molecule has 0 saturated heterocycles. The fourth-order valence-electron chi connectivity index (χ4n) is 3.48. The minimum atomic E-state index is -3.80. The number of rotatable bonds is 5. The molecule has 0 aliphatic carbocycles. The van der Waals surface area contributed by atoms with Crippen molar-refractivity contribution < 1.29 is 17.9 Å². The smallest absolute Gasteiger partial charge is 0.327 e. The van der Waals surface area contributed by atoms with Crippen molar-refractivity contribution in [3.8, 4) is 10.6 Å². The Balaban J connectivity index is 1.31. The van der Waals surface area contributed by atoms with E-state index < -0.39 is 22.5 Å². The molecule has 152 valence electrons. The van der Waals surface area contributed by atoms with Gasteiger partial charge in [-0.05, 0) is 17.5 Å². The first-order chi connectivity index (χ1) is 14.4. The van der Waals surface area contributed by atoms with Crippen molar-refractivity contribution in [3.05, 3.63) is 59.9 Å². The molecule has 0 atom stereocenters. The average Bonchev–Trinajstić information content (AvgIpc) is 3.42. The lowest BCUT2D eigenvalue weighted by Gasteiger charge is -2.17. The summed E-state index contributed by atoms with van der Waals surface area (Å²) >= 11 is 1.43. The quantitative estimate of drug-likeness (QED) is 0.443. The molecule has 1 aliphatic heterocycles. The Morgan fingerprint density at radius 2 is 2.00 bits per heavy atom. The number of hydrogen-bond acceptors (Lipinski definition) is 7. The van der Waals surface area contributed by atoms with Crippen LogP contribution in [-0.4, -0.2) is 35.7 Å². The van der Waals surface area contributed by atoms with Gasteiger partial charge < -0.3 is 4.74 Å². The Labute approximate surface area is 176 Å². The third-order valence-corrected chi connectivity index (χ3v) is 7.58. The molecular formula is C20H16N4O4S2. The van der Waals surface area contributed by atoms with Crippen LogP contribution in [0, 0.1) is 0 Å². The van der Waals surface area contributed by atoms with Crippen LogP contribution in [0.3, 0.4) is 0 Å². The molecule has 10 heteroatoms. The van der Waals surface area contributed by atoms with Gasteiger partial charge in [-0.1, -0.05) is 24.3 Å². The van der Waals surface area contributed by atoms with Gasteiger partial charge in [0.2, 0.25) is 0 Å². The zero-order valence-electron chi connectivity index (χ0n) is 15.8. The van der Waals surface area contributed by atoms with E-state index in [0.29, 0.717) is 16.8 Å². The normalized spacial score (nSPS) is 14.4. The Morgan fingerprint density at radius 1 is 1.20 bits per heavy atom. The first-order valence-corrected chi connectivity index (χ1v) is 11.4. The summed E-state index contributed by atoms with van der Waals surface area (Å²) in [6.45, 7) is -0.420. The summed E-state index contributed by atoms with van der Waals surface area (Å²) in [5.41, 5.74) is 1.98. The Kier molecular flexibility index (Phi) is 4.33. The van der Waals surface area contributed by atoms with Gasteiger partial charge >= 0.3 is 5.97 Å². The summed E-state index contributed by atoms with van der Waals surface area (Å²) in [6.07, 6.45) is 3.57. The second-order valence-corrected chi connectivity index (χ2v) is 9.54. The topological polar surface area (TPSA) is 94.4 Å². The third kappa shape index (κ3) is 3.04. The SMILES string of the molecule is Cn1cc(-c2nc(COC(=O)CN3c4cccc5cccc(c45)S3(=O)=O)cs2)cn1. The molecule has 1 aliphatic rings. The molecule has 0 amide bonds. The number of nitrogens with zero attached hydrogens (tertiary/aromatic N) is 4. The maximum atomic E-state index is 12.9. The molecule has 2 aromatic carbocycles. The lowest BCUT2D eigenvalue weighted by atomic mass is 10.1. The molecule has 30 heavy (non-hydrogen) atoms. The van der Waals surface area contributed by atoms with Gasteiger partial charge in [0.1, 0.15) is 18.2 Å². The molecule has 4 aromatic rings. The highest BCUT2D eigenvalue weighted by molar-refractivity contribution is 7.93. The van der Waals surface area contributed by atoms with Gasteiger partial charge in [0, 0.05) is 29.6 Å². The second-order valence-electron chi connectivity index (χ2n) is 6.85. The van der Waals surface area contributed by atoms with Crippen molar-refractivity contribution in [1.82, 2.24) is 14.8 Å². The van der Waals surface area contributed by atoms with Gasteiger partial charge in [-0.25, -0.2) is 13.4 Å². The van der Waals surface area contributed by atoms with Crippen molar-refractivity contribution in [2.75, 3.05) is 10.8 Å². The van der Waals surface area contributed by atoms with Gasteiger partial charge in [-0.3, -0.25) is 13.8 Å². The number of anilines is 1. The molecule has 0 saturated carbocycles. The van der Waals surface area contributed by atoms with Crippen molar-refractivity contribution >= 4 is 43.8 Å². The maximum absolute atomic E-state index is 12.9. The predicted octanol–water partition coefficient (Wildman–Crippen LogP) is 2.95. The lowest BCUT2D eigenvalue weighted by Crippen LogP contribution is -2.33. The van der Waals surface area contributed by atoms with E-state index in [2.05, 4.69) is 10.1 Å². The molecular weight excluding hydrogens is 424 g/mol. The van der Waals surface area contributed by atoms with E-state index in [4.69, 9.17) is 4.74 Å². The Bertz CT molecular complexity index is 1390. The van der Waals surface area contributed by atoms with Gasteiger partial charge in [-0.15, -0.1) is 11.3 Å². The third-order valence-electron chi connectivity index (χ3n) is 4.84. The van der Waals surface area contributed by atoms with Crippen LogP contribution in [0.5, 0.6) is 0 Å². The van der Waals surface area contributed by atoms with Crippen LogP contribution < -0.4 is 4.31 Å². The van der Waals surface area contributed by atoms with Crippen molar-refractivity contribution in [2.45, 2.75) is 11.5 Å². The predicted molar refractivity (Wildman–Crippen MR) is 113 cm³/mol. The van der Waals surface area contributed by atoms with E-state index in [0.717, 1.165) is 20.3 Å². The molecule has 0 bridgehead atoms. The number of esters is 1. The second kappa shape index (κ2) is 6.92. The number of ether oxygens (including phenoxy) is 1. The fourth-order valence-corrected chi connectivity index (χ4v) is 5.92. The fraction of sp³-hybridized carbons (Fsp3) is 0.150. The molecule has 0 radical (unpaired) electrons. The van der Waals surface area contributed by atoms with Crippen LogP contribution in [0.2, 0.25) is 0 Å². The molecule has 0 unspecified atom stereocenters. The summed E-state index contributed by atoms with van der Waals surface area (Å²) in [5, 5.41) is 8.14. The zero-order chi connectivity index (χ0) is 20.9. The van der Waals surface area contributed by atoms with Crippen LogP contribution in [0.1, 0.15) is 5.69 Å².